The first-order chi connectivity index (χ1) is 7.90. The summed E-state index contributed by atoms with van der Waals surface area (Å²) in [5.41, 5.74) is -0.408. The summed E-state index contributed by atoms with van der Waals surface area (Å²) in [7, 11) is 0. The third-order valence-corrected chi connectivity index (χ3v) is 3.52. The first kappa shape index (κ1) is 13.0. The van der Waals surface area contributed by atoms with Gasteiger partial charge in [-0.2, -0.15) is 0 Å². The predicted octanol–water partition coefficient (Wildman–Crippen LogP) is 1.92. The third kappa shape index (κ3) is 2.86. The van der Waals surface area contributed by atoms with Crippen LogP contribution in [0.3, 0.4) is 0 Å². The zero-order valence-electron chi connectivity index (χ0n) is 10.8. The highest BCUT2D eigenvalue weighted by atomic mass is 35.5. The van der Waals surface area contributed by atoms with Gasteiger partial charge in [0.1, 0.15) is 5.60 Å². The van der Waals surface area contributed by atoms with Crippen LogP contribution < -0.4 is 0 Å². The van der Waals surface area contributed by atoms with E-state index in [0.717, 1.165) is 26.1 Å². The summed E-state index contributed by atoms with van der Waals surface area (Å²) in [5, 5.41) is 0. The van der Waals surface area contributed by atoms with Gasteiger partial charge in [0.15, 0.2) is 0 Å². The predicted molar refractivity (Wildman–Crippen MR) is 67.4 cm³/mol. The summed E-state index contributed by atoms with van der Waals surface area (Å²) in [6.45, 7) is 8.36. The number of nitrogens with zero attached hydrogens (tertiary/aromatic N) is 2. The van der Waals surface area contributed by atoms with Crippen LogP contribution in [-0.4, -0.2) is 59.1 Å². The van der Waals surface area contributed by atoms with Crippen molar-refractivity contribution in [3.8, 4) is 0 Å². The van der Waals surface area contributed by atoms with E-state index in [9.17, 15) is 4.79 Å². The second kappa shape index (κ2) is 4.65. The summed E-state index contributed by atoms with van der Waals surface area (Å²) in [6, 6.07) is 0.796. The van der Waals surface area contributed by atoms with Gasteiger partial charge < -0.3 is 9.64 Å². The summed E-state index contributed by atoms with van der Waals surface area (Å²) in [4.78, 5) is 16.2. The molecule has 0 N–H and O–H groups in total. The molecule has 1 amide bonds. The van der Waals surface area contributed by atoms with Crippen molar-refractivity contribution in [2.45, 2.75) is 44.9 Å². The maximum absolute atomic E-state index is 12.0. The Morgan fingerprint density at radius 3 is 2.53 bits per heavy atom. The SMILES string of the molecule is CC(C)(C)OC(=O)N1C[C@@H]2C[C@H]1CN2CCCl. The molecule has 0 aromatic heterocycles. The lowest BCUT2D eigenvalue weighted by atomic mass is 10.2. The summed E-state index contributed by atoms with van der Waals surface area (Å²) < 4.78 is 5.41. The smallest absolute Gasteiger partial charge is 0.410 e. The van der Waals surface area contributed by atoms with E-state index in [0.29, 0.717) is 18.0 Å². The number of fused-ring (bicyclic) bond motifs is 2. The number of piperazine rings is 1. The Morgan fingerprint density at radius 1 is 1.35 bits per heavy atom. The summed E-state index contributed by atoms with van der Waals surface area (Å²) >= 11 is 5.76. The highest BCUT2D eigenvalue weighted by Crippen LogP contribution is 2.31. The Bertz CT molecular complexity index is 303. The van der Waals surface area contributed by atoms with Gasteiger partial charge in [-0.1, -0.05) is 0 Å². The third-order valence-electron chi connectivity index (χ3n) is 3.35. The van der Waals surface area contributed by atoms with Crippen molar-refractivity contribution in [2.75, 3.05) is 25.5 Å². The average molecular weight is 261 g/mol. The van der Waals surface area contributed by atoms with Crippen molar-refractivity contribution in [2.24, 2.45) is 0 Å². The number of alkyl halides is 1. The van der Waals surface area contributed by atoms with Crippen molar-refractivity contribution in [3.63, 3.8) is 0 Å². The van der Waals surface area contributed by atoms with Gasteiger partial charge in [-0.3, -0.25) is 4.90 Å². The Labute approximate surface area is 108 Å². The average Bonchev–Trinajstić information content (AvgIpc) is 2.74. The fourth-order valence-corrected chi connectivity index (χ4v) is 2.89. The molecule has 2 saturated heterocycles. The van der Waals surface area contributed by atoms with Crippen molar-refractivity contribution in [1.82, 2.24) is 9.80 Å². The number of likely N-dealkylation sites (tertiary alicyclic amines) is 2. The first-order valence-electron chi connectivity index (χ1n) is 6.20. The number of halogens is 1. The normalized spacial score (nSPS) is 28.8. The maximum Gasteiger partial charge on any atom is 0.410 e. The van der Waals surface area contributed by atoms with Gasteiger partial charge in [-0.25, -0.2) is 4.79 Å². The van der Waals surface area contributed by atoms with E-state index in [-0.39, 0.29) is 6.09 Å². The quantitative estimate of drug-likeness (QED) is 0.711. The molecule has 2 aliphatic heterocycles. The van der Waals surface area contributed by atoms with Crippen molar-refractivity contribution >= 4 is 17.7 Å². The lowest BCUT2D eigenvalue weighted by molar-refractivity contribution is 0.0134. The summed E-state index contributed by atoms with van der Waals surface area (Å²) in [5.74, 6) is 0.662. The van der Waals surface area contributed by atoms with Crippen LogP contribution in [0.25, 0.3) is 0 Å². The molecule has 0 unspecified atom stereocenters. The van der Waals surface area contributed by atoms with Crippen molar-refractivity contribution in [3.05, 3.63) is 0 Å². The van der Waals surface area contributed by atoms with Gasteiger partial charge in [0, 0.05) is 37.6 Å². The molecule has 2 fully saturated rings. The molecule has 2 aliphatic rings. The largest absolute Gasteiger partial charge is 0.444 e. The minimum absolute atomic E-state index is 0.171. The van der Waals surface area contributed by atoms with Crippen LogP contribution in [0.5, 0.6) is 0 Å². The first-order valence-corrected chi connectivity index (χ1v) is 6.74. The van der Waals surface area contributed by atoms with Crippen LogP contribution in [-0.2, 0) is 4.74 Å². The monoisotopic (exact) mass is 260 g/mol. The molecule has 5 heteroatoms. The van der Waals surface area contributed by atoms with E-state index in [1.807, 2.05) is 25.7 Å². The van der Waals surface area contributed by atoms with E-state index in [4.69, 9.17) is 16.3 Å². The molecule has 0 aromatic carbocycles. The number of ether oxygens (including phenoxy) is 1. The molecule has 2 heterocycles. The lowest BCUT2D eigenvalue weighted by Crippen LogP contribution is -2.50. The molecule has 0 radical (unpaired) electrons. The fourth-order valence-electron chi connectivity index (χ4n) is 2.68. The highest BCUT2D eigenvalue weighted by molar-refractivity contribution is 6.18. The van der Waals surface area contributed by atoms with Crippen LogP contribution in [0.2, 0.25) is 0 Å². The molecular formula is C12H21ClN2O2. The second-order valence-electron chi connectivity index (χ2n) is 5.86. The van der Waals surface area contributed by atoms with Crippen molar-refractivity contribution < 1.29 is 9.53 Å². The molecule has 2 rings (SSSR count). The van der Waals surface area contributed by atoms with E-state index in [2.05, 4.69) is 4.90 Å². The van der Waals surface area contributed by atoms with E-state index in [1.54, 1.807) is 0 Å². The number of rotatable bonds is 2. The van der Waals surface area contributed by atoms with E-state index in [1.165, 1.54) is 0 Å². The van der Waals surface area contributed by atoms with Gasteiger partial charge in [-0.05, 0) is 27.2 Å². The standard InChI is InChI=1S/C12H21ClN2O2/c1-12(2,3)17-11(16)15-8-9-6-10(15)7-14(9)5-4-13/h9-10H,4-8H2,1-3H3/t9-,10-/m0/s1. The molecule has 2 bridgehead atoms. The van der Waals surface area contributed by atoms with Crippen LogP contribution in [0.4, 0.5) is 4.79 Å². The topological polar surface area (TPSA) is 32.8 Å². The highest BCUT2D eigenvalue weighted by Gasteiger charge is 2.45. The number of carbonyl (C=O) groups excluding carboxylic acids is 1. The minimum atomic E-state index is -0.408. The molecule has 2 atom stereocenters. The van der Waals surface area contributed by atoms with Gasteiger partial charge in [-0.15, -0.1) is 11.6 Å². The molecule has 0 aliphatic carbocycles. The fraction of sp³-hybridized carbons (Fsp3) is 0.917. The van der Waals surface area contributed by atoms with Crippen molar-refractivity contribution in [1.29, 1.82) is 0 Å². The van der Waals surface area contributed by atoms with Crippen LogP contribution in [0.15, 0.2) is 0 Å². The number of amides is 1. The summed E-state index contributed by atoms with van der Waals surface area (Å²) in [6.07, 6.45) is 0.895. The van der Waals surface area contributed by atoms with Crippen LogP contribution in [0.1, 0.15) is 27.2 Å². The number of hydrogen-bond donors (Lipinski definition) is 0. The van der Waals surface area contributed by atoms with Gasteiger partial charge >= 0.3 is 6.09 Å². The van der Waals surface area contributed by atoms with Gasteiger partial charge in [0.25, 0.3) is 0 Å². The number of carbonyl (C=O) groups is 1. The van der Waals surface area contributed by atoms with E-state index >= 15 is 0 Å². The second-order valence-corrected chi connectivity index (χ2v) is 6.24. The zero-order valence-corrected chi connectivity index (χ0v) is 11.5. The number of hydrogen-bond acceptors (Lipinski definition) is 3. The zero-order chi connectivity index (χ0) is 12.6. The molecule has 4 nitrogen and oxygen atoms in total. The Balaban J connectivity index is 1.89. The maximum atomic E-state index is 12.0. The molecule has 98 valence electrons. The molecule has 17 heavy (non-hydrogen) atoms. The Hall–Kier alpha value is -0.480. The van der Waals surface area contributed by atoms with Gasteiger partial charge in [0.05, 0.1) is 0 Å². The Kier molecular flexibility index (Phi) is 3.55. The van der Waals surface area contributed by atoms with Gasteiger partial charge in [0.2, 0.25) is 0 Å². The Morgan fingerprint density at radius 2 is 2.06 bits per heavy atom. The van der Waals surface area contributed by atoms with Crippen LogP contribution >= 0.6 is 11.6 Å². The molecular weight excluding hydrogens is 240 g/mol. The molecule has 0 spiro atoms. The lowest BCUT2D eigenvalue weighted by Gasteiger charge is -2.34. The minimum Gasteiger partial charge on any atom is -0.444 e. The van der Waals surface area contributed by atoms with Crippen LogP contribution in [0, 0.1) is 0 Å². The molecule has 0 aromatic rings. The van der Waals surface area contributed by atoms with E-state index < -0.39 is 5.60 Å². The molecule has 0 saturated carbocycles.